The molecule has 0 aliphatic carbocycles. The number of halogens is 1. The van der Waals surface area contributed by atoms with Crippen molar-refractivity contribution in [2.45, 2.75) is 6.42 Å². The van der Waals surface area contributed by atoms with Crippen molar-refractivity contribution in [1.82, 2.24) is 9.34 Å². The van der Waals surface area contributed by atoms with Crippen LogP contribution in [0.1, 0.15) is 6.42 Å². The van der Waals surface area contributed by atoms with E-state index in [1.54, 1.807) is 38.4 Å². The van der Waals surface area contributed by atoms with Crippen molar-refractivity contribution in [1.29, 1.82) is 0 Å². The third-order valence-electron chi connectivity index (χ3n) is 3.00. The normalized spacial score (nSPS) is 19.3. The van der Waals surface area contributed by atoms with Crippen LogP contribution in [0.2, 0.25) is 5.02 Å². The van der Waals surface area contributed by atoms with Crippen molar-refractivity contribution in [2.24, 2.45) is 0 Å². The van der Waals surface area contributed by atoms with Gasteiger partial charge in [0.1, 0.15) is 6.42 Å². The minimum Gasteiger partial charge on any atom is -0.298 e. The van der Waals surface area contributed by atoms with Crippen molar-refractivity contribution in [3.05, 3.63) is 29.3 Å². The zero-order valence-electron chi connectivity index (χ0n) is 9.96. The first-order chi connectivity index (χ1) is 8.37. The third kappa shape index (κ3) is 1.96. The molecule has 1 aliphatic heterocycles. The molecule has 0 N–H and O–H groups in total. The molecule has 0 bridgehead atoms. The topological polar surface area (TPSA) is 40.6 Å². The highest BCUT2D eigenvalue weighted by Crippen LogP contribution is 2.53. The van der Waals surface area contributed by atoms with E-state index >= 15 is 0 Å². The van der Waals surface area contributed by atoms with Gasteiger partial charge in [-0.3, -0.25) is 18.9 Å². The second-order valence-electron chi connectivity index (χ2n) is 4.03. The molecule has 0 aromatic heterocycles. The first-order valence-electron chi connectivity index (χ1n) is 5.27. The summed E-state index contributed by atoms with van der Waals surface area (Å²) in [6.07, 6.45) is -2.65. The van der Waals surface area contributed by atoms with Crippen LogP contribution in [-0.4, -0.2) is 35.3 Å². The Hall–Kier alpha value is -0.900. The van der Waals surface area contributed by atoms with Crippen LogP contribution in [0, 0.1) is 0 Å². The Kier molecular flexibility index (Phi) is 3.49. The first kappa shape index (κ1) is 13.5. The highest BCUT2D eigenvalue weighted by atomic mass is 35.5. The van der Waals surface area contributed by atoms with Crippen LogP contribution in [0.4, 0.5) is 0 Å². The fourth-order valence-corrected chi connectivity index (χ4v) is 5.26. The van der Waals surface area contributed by atoms with Gasteiger partial charge in [-0.05, 0) is 36.1 Å². The van der Waals surface area contributed by atoms with E-state index in [0.29, 0.717) is 5.02 Å². The highest BCUT2D eigenvalue weighted by Gasteiger charge is 2.41. The maximum atomic E-state index is 11.8. The van der Waals surface area contributed by atoms with E-state index in [1.807, 2.05) is 0 Å². The smallest absolute Gasteiger partial charge is 0.237 e. The maximum Gasteiger partial charge on any atom is 0.237 e. The number of hydrogen-bond donors (Lipinski definition) is 0. The third-order valence-corrected chi connectivity index (χ3v) is 8.40. The number of carbonyl (C=O) groups is 2. The van der Waals surface area contributed by atoms with Gasteiger partial charge in [0.15, 0.2) is 6.34 Å². The second-order valence-corrected chi connectivity index (χ2v) is 8.80. The molecule has 1 aliphatic rings. The maximum absolute atomic E-state index is 11.8. The molecule has 2 rings (SSSR count). The number of amides is 2. The molecule has 4 nitrogen and oxygen atoms in total. The Bertz CT molecular complexity index is 537. The minimum atomic E-state index is -2.54. The minimum absolute atomic E-state index is 0.112. The summed E-state index contributed by atoms with van der Waals surface area (Å²) in [5, 5.41) is 1.38. The Balaban J connectivity index is 2.56. The number of benzene rings is 1. The molecule has 1 aromatic carbocycles. The van der Waals surface area contributed by atoms with Gasteiger partial charge in [-0.1, -0.05) is 11.6 Å². The molecule has 7 heteroatoms. The summed E-state index contributed by atoms with van der Waals surface area (Å²) in [4.78, 5) is 23.6. The van der Waals surface area contributed by atoms with Crippen LogP contribution in [0.5, 0.6) is 0 Å². The van der Waals surface area contributed by atoms with E-state index in [1.165, 1.54) is 9.34 Å². The summed E-state index contributed by atoms with van der Waals surface area (Å²) in [5.74, 6) is -0.451. The molecule has 0 saturated carbocycles. The highest BCUT2D eigenvalue weighted by molar-refractivity contribution is 8.16. The Labute approximate surface area is 116 Å². The lowest BCUT2D eigenvalue weighted by Crippen LogP contribution is -2.45. The summed E-state index contributed by atoms with van der Waals surface area (Å²) in [6.45, 7) is 0. The number of rotatable bonds is 1. The molecule has 0 unspecified atom stereocenters. The summed E-state index contributed by atoms with van der Waals surface area (Å²) < 4.78 is 3.04. The first-order valence-corrected chi connectivity index (χ1v) is 8.36. The van der Waals surface area contributed by atoms with Gasteiger partial charge in [0, 0.05) is 24.4 Å². The monoisotopic (exact) mass is 302 g/mol. The van der Waals surface area contributed by atoms with E-state index in [-0.39, 0.29) is 18.2 Å². The molecule has 18 heavy (non-hydrogen) atoms. The summed E-state index contributed by atoms with van der Waals surface area (Å²) in [6, 6.07) is 7.00. The molecule has 0 spiro atoms. The van der Waals surface area contributed by atoms with Gasteiger partial charge in [0.25, 0.3) is 0 Å². The average Bonchev–Trinajstić information content (AvgIpc) is 2.35. The molecular weight excluding hydrogens is 291 g/mol. The van der Waals surface area contributed by atoms with Crippen LogP contribution in [-0.2, 0) is 21.4 Å². The molecule has 2 amide bonds. The lowest BCUT2D eigenvalue weighted by atomic mass is 10.4. The molecule has 0 radical (unpaired) electrons. The van der Waals surface area contributed by atoms with Crippen molar-refractivity contribution in [3.8, 4) is 0 Å². The molecule has 1 saturated heterocycles. The van der Waals surface area contributed by atoms with E-state index in [4.69, 9.17) is 23.4 Å². The molecule has 1 heterocycles. The van der Waals surface area contributed by atoms with Crippen LogP contribution >= 0.6 is 17.9 Å². The summed E-state index contributed by atoms with van der Waals surface area (Å²) in [7, 11) is 3.31. The number of nitrogens with zero attached hydrogens (tertiary/aromatic N) is 2. The molecular formula is C11H12ClN2O2PS. The van der Waals surface area contributed by atoms with Gasteiger partial charge in [-0.25, -0.2) is 0 Å². The summed E-state index contributed by atoms with van der Waals surface area (Å²) in [5.41, 5.74) is 0. The molecule has 96 valence electrons. The molecule has 1 fully saturated rings. The standard InChI is InChI=1S/C11H12ClN2O2PS/c1-13-10(15)7-11(16)14(2)17(13,18)9-5-3-8(12)4-6-9/h3-6H,7H2,1-2H3. The zero-order chi connectivity index (χ0) is 13.5. The average molecular weight is 303 g/mol. The zero-order valence-corrected chi connectivity index (χ0v) is 12.4. The second kappa shape index (κ2) is 4.65. The van der Waals surface area contributed by atoms with Gasteiger partial charge in [0.2, 0.25) is 11.8 Å². The fraction of sp³-hybridized carbons (Fsp3) is 0.273. The largest absolute Gasteiger partial charge is 0.298 e. The fourth-order valence-electron chi connectivity index (χ4n) is 1.84. The molecule has 0 atom stereocenters. The van der Waals surface area contributed by atoms with Crippen molar-refractivity contribution < 1.29 is 9.59 Å². The Morgan fingerprint density at radius 1 is 1.11 bits per heavy atom. The number of hydrogen-bond acceptors (Lipinski definition) is 3. The number of carbonyl (C=O) groups excluding carboxylic acids is 2. The van der Waals surface area contributed by atoms with Gasteiger partial charge in [0.05, 0.1) is 0 Å². The SMILES string of the molecule is CN1C(=O)CC(=O)N(C)P1(=S)c1ccc(Cl)cc1. The lowest BCUT2D eigenvalue weighted by Gasteiger charge is -2.42. The Morgan fingerprint density at radius 3 is 2.00 bits per heavy atom. The molecule has 1 aromatic rings. The van der Waals surface area contributed by atoms with E-state index in [2.05, 4.69) is 0 Å². The van der Waals surface area contributed by atoms with E-state index < -0.39 is 6.34 Å². The van der Waals surface area contributed by atoms with Gasteiger partial charge < -0.3 is 0 Å². The lowest BCUT2D eigenvalue weighted by molar-refractivity contribution is -0.136. The van der Waals surface area contributed by atoms with Crippen molar-refractivity contribution in [2.75, 3.05) is 14.1 Å². The van der Waals surface area contributed by atoms with Crippen LogP contribution in [0.15, 0.2) is 24.3 Å². The van der Waals surface area contributed by atoms with Crippen LogP contribution in [0.3, 0.4) is 0 Å². The van der Waals surface area contributed by atoms with E-state index in [0.717, 1.165) is 5.30 Å². The van der Waals surface area contributed by atoms with Crippen molar-refractivity contribution in [3.63, 3.8) is 0 Å². The predicted octanol–water partition coefficient (Wildman–Crippen LogP) is 1.60. The van der Waals surface area contributed by atoms with Crippen LogP contribution < -0.4 is 5.30 Å². The Morgan fingerprint density at radius 2 is 1.56 bits per heavy atom. The van der Waals surface area contributed by atoms with Crippen LogP contribution in [0.25, 0.3) is 0 Å². The van der Waals surface area contributed by atoms with Gasteiger partial charge in [-0.2, -0.15) is 0 Å². The van der Waals surface area contributed by atoms with Gasteiger partial charge >= 0.3 is 0 Å². The summed E-state index contributed by atoms with van der Waals surface area (Å²) >= 11 is 11.5. The van der Waals surface area contributed by atoms with Crippen molar-refractivity contribution >= 4 is 46.9 Å². The quantitative estimate of drug-likeness (QED) is 0.584. The predicted molar refractivity (Wildman–Crippen MR) is 75.5 cm³/mol. The van der Waals surface area contributed by atoms with Gasteiger partial charge in [-0.15, -0.1) is 0 Å². The van der Waals surface area contributed by atoms with E-state index in [9.17, 15) is 9.59 Å².